The Labute approximate surface area is 146 Å². The molecule has 0 aromatic heterocycles. The number of primary amides is 1. The smallest absolute Gasteiger partial charge is 0.413 e. The van der Waals surface area contributed by atoms with E-state index in [-0.39, 0.29) is 11.1 Å². The molecule has 3 aliphatic heterocycles. The summed E-state index contributed by atoms with van der Waals surface area (Å²) in [5, 5.41) is 13.2. The van der Waals surface area contributed by atoms with Crippen LogP contribution in [0, 0.1) is 0 Å². The zero-order valence-corrected chi connectivity index (χ0v) is 13.9. The third-order valence-corrected chi connectivity index (χ3v) is 5.77. The zero-order chi connectivity index (χ0) is 17.6. The van der Waals surface area contributed by atoms with Crippen LogP contribution < -0.4 is 11.1 Å². The predicted octanol–water partition coefficient (Wildman–Crippen LogP) is 0.812. The average Bonchev–Trinajstić information content (AvgIpc) is 2.96. The molecule has 1 spiro atoms. The number of rotatable bonds is 1. The van der Waals surface area contributed by atoms with Crippen molar-refractivity contribution in [1.82, 2.24) is 15.1 Å². The van der Waals surface area contributed by atoms with E-state index < -0.39 is 18.2 Å². The molecule has 1 fully saturated rings. The molecule has 132 valence electrons. The summed E-state index contributed by atoms with van der Waals surface area (Å²) < 4.78 is 0. The number of fused-ring (bicyclic) bond motifs is 4. The summed E-state index contributed by atoms with van der Waals surface area (Å²) in [5.41, 5.74) is 7.93. The standard InChI is InChI=1S/C18H22N4O3/c19-15(23)14-11-22(17(24)25)16-18(6-8-20-9-7-18)13-4-2-1-3-12(13)5-10-21(14)16/h1-4,11,16,20H,5-10H2,(H2,19,23)(H,24,25). The van der Waals surface area contributed by atoms with Crippen molar-refractivity contribution in [2.75, 3.05) is 19.6 Å². The first-order valence-electron chi connectivity index (χ1n) is 8.63. The maximum Gasteiger partial charge on any atom is 0.413 e. The lowest BCUT2D eigenvalue weighted by Crippen LogP contribution is -2.59. The Morgan fingerprint density at radius 1 is 1.24 bits per heavy atom. The molecular weight excluding hydrogens is 320 g/mol. The summed E-state index contributed by atoms with van der Waals surface area (Å²) in [6.07, 6.45) is 2.32. The SMILES string of the molecule is NC(=O)C1=CN(C(=O)O)C2N1CCc1ccccc1C21CCNCC1. The van der Waals surface area contributed by atoms with Gasteiger partial charge >= 0.3 is 6.09 Å². The second kappa shape index (κ2) is 5.77. The first-order valence-corrected chi connectivity index (χ1v) is 8.63. The van der Waals surface area contributed by atoms with Gasteiger partial charge in [0.05, 0.1) is 0 Å². The van der Waals surface area contributed by atoms with Crippen LogP contribution in [0.5, 0.6) is 0 Å². The zero-order valence-electron chi connectivity index (χ0n) is 13.9. The van der Waals surface area contributed by atoms with Gasteiger partial charge in [-0.2, -0.15) is 0 Å². The average molecular weight is 342 g/mol. The number of amides is 2. The number of nitrogens with one attached hydrogen (secondary N) is 1. The van der Waals surface area contributed by atoms with E-state index >= 15 is 0 Å². The molecule has 1 unspecified atom stereocenters. The number of piperidine rings is 1. The fraction of sp³-hybridized carbons (Fsp3) is 0.444. The topological polar surface area (TPSA) is 98.9 Å². The van der Waals surface area contributed by atoms with Crippen molar-refractivity contribution in [3.8, 4) is 0 Å². The second-order valence-corrected chi connectivity index (χ2v) is 6.95. The Bertz CT molecular complexity index is 754. The monoisotopic (exact) mass is 342 g/mol. The van der Waals surface area contributed by atoms with Crippen LogP contribution in [0.4, 0.5) is 4.79 Å². The third-order valence-electron chi connectivity index (χ3n) is 5.77. The Hall–Kier alpha value is -2.54. The van der Waals surface area contributed by atoms with E-state index in [1.54, 1.807) is 0 Å². The van der Waals surface area contributed by atoms with Crippen molar-refractivity contribution < 1.29 is 14.7 Å². The highest BCUT2D eigenvalue weighted by atomic mass is 16.4. The molecule has 4 rings (SSSR count). The van der Waals surface area contributed by atoms with Crippen LogP contribution in [0.25, 0.3) is 0 Å². The molecule has 0 saturated carbocycles. The highest BCUT2D eigenvalue weighted by molar-refractivity contribution is 5.92. The van der Waals surface area contributed by atoms with Crippen molar-refractivity contribution in [2.24, 2.45) is 5.73 Å². The third kappa shape index (κ3) is 2.30. The second-order valence-electron chi connectivity index (χ2n) is 6.95. The van der Waals surface area contributed by atoms with E-state index in [9.17, 15) is 14.7 Å². The molecule has 1 atom stereocenters. The van der Waals surface area contributed by atoms with Crippen LogP contribution >= 0.6 is 0 Å². The van der Waals surface area contributed by atoms with Crippen LogP contribution in [0.3, 0.4) is 0 Å². The van der Waals surface area contributed by atoms with E-state index in [0.717, 1.165) is 32.4 Å². The Balaban J connectivity index is 1.91. The molecule has 0 radical (unpaired) electrons. The molecule has 3 aliphatic rings. The van der Waals surface area contributed by atoms with E-state index in [1.165, 1.54) is 22.2 Å². The fourth-order valence-corrected chi connectivity index (χ4v) is 4.74. The Morgan fingerprint density at radius 2 is 1.96 bits per heavy atom. The summed E-state index contributed by atoms with van der Waals surface area (Å²) in [6, 6.07) is 8.26. The summed E-state index contributed by atoms with van der Waals surface area (Å²) in [7, 11) is 0. The molecule has 1 aromatic rings. The maximum atomic E-state index is 12.0. The van der Waals surface area contributed by atoms with Gasteiger partial charge in [0.1, 0.15) is 11.9 Å². The van der Waals surface area contributed by atoms with E-state index in [4.69, 9.17) is 5.73 Å². The van der Waals surface area contributed by atoms with Crippen LogP contribution in [0.2, 0.25) is 0 Å². The van der Waals surface area contributed by atoms with Gasteiger partial charge in [-0.1, -0.05) is 24.3 Å². The fourth-order valence-electron chi connectivity index (χ4n) is 4.74. The van der Waals surface area contributed by atoms with Gasteiger partial charge in [0, 0.05) is 18.2 Å². The largest absolute Gasteiger partial charge is 0.465 e. The van der Waals surface area contributed by atoms with Gasteiger partial charge < -0.3 is 21.1 Å². The van der Waals surface area contributed by atoms with Crippen molar-refractivity contribution in [3.05, 3.63) is 47.3 Å². The number of carbonyl (C=O) groups is 2. The molecule has 1 aromatic carbocycles. The number of nitrogens with two attached hydrogens (primary N) is 1. The predicted molar refractivity (Wildman–Crippen MR) is 91.6 cm³/mol. The summed E-state index contributed by atoms with van der Waals surface area (Å²) in [5.74, 6) is -0.580. The quantitative estimate of drug-likeness (QED) is 0.701. The van der Waals surface area contributed by atoms with Gasteiger partial charge in [-0.15, -0.1) is 0 Å². The normalized spacial score (nSPS) is 24.3. The minimum Gasteiger partial charge on any atom is -0.465 e. The lowest BCUT2D eigenvalue weighted by Gasteiger charge is -2.48. The lowest BCUT2D eigenvalue weighted by molar-refractivity contribution is -0.116. The summed E-state index contributed by atoms with van der Waals surface area (Å²) in [4.78, 5) is 27.1. The molecular formula is C18H22N4O3. The van der Waals surface area contributed by atoms with Crippen molar-refractivity contribution in [3.63, 3.8) is 0 Å². The first kappa shape index (κ1) is 16.0. The Kier molecular flexibility index (Phi) is 3.68. The van der Waals surface area contributed by atoms with E-state index in [0.29, 0.717) is 6.54 Å². The number of hydrogen-bond acceptors (Lipinski definition) is 4. The molecule has 1 saturated heterocycles. The molecule has 25 heavy (non-hydrogen) atoms. The van der Waals surface area contributed by atoms with Crippen LogP contribution in [0.15, 0.2) is 36.2 Å². The van der Waals surface area contributed by atoms with E-state index in [1.807, 2.05) is 17.0 Å². The van der Waals surface area contributed by atoms with Crippen molar-refractivity contribution >= 4 is 12.0 Å². The molecule has 4 N–H and O–H groups in total. The van der Waals surface area contributed by atoms with Gasteiger partial charge in [-0.25, -0.2) is 4.79 Å². The maximum absolute atomic E-state index is 12.0. The summed E-state index contributed by atoms with van der Waals surface area (Å²) in [6.45, 7) is 2.21. The van der Waals surface area contributed by atoms with Gasteiger partial charge in [0.25, 0.3) is 5.91 Å². The molecule has 0 bridgehead atoms. The molecule has 0 aliphatic carbocycles. The van der Waals surface area contributed by atoms with Crippen LogP contribution in [0.1, 0.15) is 24.0 Å². The number of nitrogens with zero attached hydrogens (tertiary/aromatic N) is 2. The summed E-state index contributed by atoms with van der Waals surface area (Å²) >= 11 is 0. The number of carboxylic acid groups (broad SMARTS) is 1. The minimum atomic E-state index is -1.05. The van der Waals surface area contributed by atoms with Crippen LogP contribution in [-0.2, 0) is 16.6 Å². The highest BCUT2D eigenvalue weighted by Crippen LogP contribution is 2.47. The van der Waals surface area contributed by atoms with Gasteiger partial charge in [-0.05, 0) is 43.5 Å². The first-order chi connectivity index (χ1) is 12.0. The molecule has 3 heterocycles. The molecule has 7 nitrogen and oxygen atoms in total. The number of hydrogen-bond donors (Lipinski definition) is 3. The number of carbonyl (C=O) groups excluding carboxylic acids is 1. The Morgan fingerprint density at radius 3 is 2.64 bits per heavy atom. The minimum absolute atomic E-state index is 0.290. The molecule has 7 heteroatoms. The lowest BCUT2D eigenvalue weighted by atomic mass is 9.69. The van der Waals surface area contributed by atoms with Gasteiger partial charge in [-0.3, -0.25) is 9.69 Å². The highest BCUT2D eigenvalue weighted by Gasteiger charge is 2.54. The van der Waals surface area contributed by atoms with Crippen molar-refractivity contribution in [1.29, 1.82) is 0 Å². The molecule has 2 amide bonds. The van der Waals surface area contributed by atoms with Crippen molar-refractivity contribution in [2.45, 2.75) is 30.8 Å². The van der Waals surface area contributed by atoms with Crippen LogP contribution in [-0.4, -0.2) is 52.7 Å². The number of benzene rings is 1. The van der Waals surface area contributed by atoms with Gasteiger partial charge in [0.15, 0.2) is 0 Å². The van der Waals surface area contributed by atoms with E-state index in [2.05, 4.69) is 17.4 Å². The van der Waals surface area contributed by atoms with Gasteiger partial charge in [0.2, 0.25) is 0 Å².